The van der Waals surface area contributed by atoms with E-state index in [1.54, 1.807) is 49.7 Å². The summed E-state index contributed by atoms with van der Waals surface area (Å²) >= 11 is 0. The molecule has 0 spiro atoms. The summed E-state index contributed by atoms with van der Waals surface area (Å²) in [5.74, 6) is 0.701. The van der Waals surface area contributed by atoms with E-state index in [1.807, 2.05) is 18.2 Å². The third-order valence-corrected chi connectivity index (χ3v) is 5.44. The van der Waals surface area contributed by atoms with Gasteiger partial charge in [0.15, 0.2) is 11.5 Å². The maximum atomic E-state index is 13.3. The monoisotopic (exact) mass is 436 g/mol. The number of carbonyl (C=O) groups excluding carboxylic acids is 2. The number of amides is 2. The van der Waals surface area contributed by atoms with Crippen molar-refractivity contribution in [3.63, 3.8) is 0 Å². The highest BCUT2D eigenvalue weighted by molar-refractivity contribution is 5.94. The summed E-state index contributed by atoms with van der Waals surface area (Å²) in [6.45, 7) is 0.483. The molecule has 3 aromatic rings. The van der Waals surface area contributed by atoms with Gasteiger partial charge in [-0.25, -0.2) is 14.6 Å². The summed E-state index contributed by atoms with van der Waals surface area (Å²) in [7, 11) is 4.46. The molecule has 9 nitrogen and oxygen atoms in total. The number of benzene rings is 2. The van der Waals surface area contributed by atoms with Crippen LogP contribution in [0.15, 0.2) is 48.8 Å². The Labute approximate surface area is 185 Å². The second-order valence-electron chi connectivity index (χ2n) is 7.23. The number of aromatic amines is 1. The topological polar surface area (TPSA) is 106 Å². The third kappa shape index (κ3) is 3.96. The number of aromatic nitrogens is 2. The molecule has 0 saturated carbocycles. The van der Waals surface area contributed by atoms with E-state index in [9.17, 15) is 9.59 Å². The lowest BCUT2D eigenvalue weighted by atomic mass is 9.95. The van der Waals surface area contributed by atoms with Gasteiger partial charge in [0.25, 0.3) is 0 Å². The van der Waals surface area contributed by atoms with E-state index in [-0.39, 0.29) is 6.03 Å². The first-order valence-electron chi connectivity index (χ1n) is 10.1. The average Bonchev–Trinajstić information content (AvgIpc) is 3.31. The van der Waals surface area contributed by atoms with Crippen LogP contribution in [0.4, 0.5) is 10.5 Å². The predicted molar refractivity (Wildman–Crippen MR) is 117 cm³/mol. The van der Waals surface area contributed by atoms with Crippen LogP contribution in [0, 0.1) is 0 Å². The molecule has 1 atom stereocenters. The summed E-state index contributed by atoms with van der Waals surface area (Å²) in [6.07, 6.45) is 2.29. The molecule has 2 aromatic carbocycles. The second-order valence-corrected chi connectivity index (χ2v) is 7.23. The molecule has 0 aliphatic carbocycles. The van der Waals surface area contributed by atoms with Gasteiger partial charge < -0.3 is 29.4 Å². The van der Waals surface area contributed by atoms with Crippen molar-refractivity contribution in [2.45, 2.75) is 12.5 Å². The van der Waals surface area contributed by atoms with E-state index in [4.69, 9.17) is 14.2 Å². The largest absolute Gasteiger partial charge is 0.493 e. The summed E-state index contributed by atoms with van der Waals surface area (Å²) < 4.78 is 15.6. The van der Waals surface area contributed by atoms with Gasteiger partial charge in [0.2, 0.25) is 0 Å². The fraction of sp³-hybridized carbons (Fsp3) is 0.261. The fourth-order valence-corrected chi connectivity index (χ4v) is 3.89. The number of anilines is 1. The van der Waals surface area contributed by atoms with Crippen LogP contribution in [0.2, 0.25) is 0 Å². The van der Waals surface area contributed by atoms with Crippen molar-refractivity contribution >= 4 is 17.7 Å². The number of carbonyl (C=O) groups is 2. The minimum Gasteiger partial charge on any atom is -0.493 e. The fourth-order valence-electron chi connectivity index (χ4n) is 3.89. The first-order valence-corrected chi connectivity index (χ1v) is 10.1. The molecule has 9 heteroatoms. The van der Waals surface area contributed by atoms with Gasteiger partial charge in [0.1, 0.15) is 6.04 Å². The standard InChI is InChI=1S/C23H24N4O5/c1-30-18-8-7-14(12-19(18)31-2)21-20-17(24-13-25-20)9-10-27(21)23(29)26-16-6-4-5-15(11-16)22(28)32-3/h4-8,11-13,21H,9-10H2,1-3H3,(H,24,25)(H,26,29)/t21-/m1/s1. The van der Waals surface area contributed by atoms with Crippen molar-refractivity contribution in [3.05, 3.63) is 71.3 Å². The van der Waals surface area contributed by atoms with Crippen molar-refractivity contribution in [2.24, 2.45) is 0 Å². The summed E-state index contributed by atoms with van der Waals surface area (Å²) in [5, 5.41) is 2.89. The Bertz CT molecular complexity index is 1140. The molecule has 0 unspecified atom stereocenters. The molecule has 2 heterocycles. The zero-order valence-corrected chi connectivity index (χ0v) is 18.0. The molecule has 0 radical (unpaired) electrons. The van der Waals surface area contributed by atoms with Crippen LogP contribution in [-0.2, 0) is 11.2 Å². The molecule has 1 aromatic heterocycles. The van der Waals surface area contributed by atoms with Gasteiger partial charge in [-0.15, -0.1) is 0 Å². The summed E-state index contributed by atoms with van der Waals surface area (Å²) in [4.78, 5) is 34.5. The Morgan fingerprint density at radius 2 is 1.91 bits per heavy atom. The van der Waals surface area contributed by atoms with Crippen LogP contribution in [0.3, 0.4) is 0 Å². The number of esters is 1. The average molecular weight is 436 g/mol. The number of hydrogen-bond acceptors (Lipinski definition) is 6. The highest BCUT2D eigenvalue weighted by atomic mass is 16.5. The number of nitrogens with one attached hydrogen (secondary N) is 2. The molecule has 0 fully saturated rings. The van der Waals surface area contributed by atoms with Gasteiger partial charge in [-0.1, -0.05) is 12.1 Å². The highest BCUT2D eigenvalue weighted by Gasteiger charge is 2.34. The van der Waals surface area contributed by atoms with E-state index in [2.05, 4.69) is 15.3 Å². The Kier molecular flexibility index (Phi) is 5.98. The third-order valence-electron chi connectivity index (χ3n) is 5.44. The SMILES string of the molecule is COC(=O)c1cccc(NC(=O)N2CCc3[nH]cnc3[C@H]2c2ccc(OC)c(OC)c2)c1. The number of methoxy groups -OCH3 is 3. The Morgan fingerprint density at radius 3 is 2.66 bits per heavy atom. The molecule has 1 aliphatic rings. The van der Waals surface area contributed by atoms with Gasteiger partial charge in [0.05, 0.1) is 38.9 Å². The van der Waals surface area contributed by atoms with Crippen LogP contribution in [0.1, 0.15) is 33.4 Å². The van der Waals surface area contributed by atoms with Crippen LogP contribution in [0.5, 0.6) is 11.5 Å². The van der Waals surface area contributed by atoms with Crippen LogP contribution in [-0.4, -0.2) is 54.7 Å². The molecule has 0 saturated heterocycles. The predicted octanol–water partition coefficient (Wildman–Crippen LogP) is 3.39. The molecule has 2 amide bonds. The molecule has 4 rings (SSSR count). The van der Waals surface area contributed by atoms with Crippen molar-refractivity contribution in [2.75, 3.05) is 33.2 Å². The van der Waals surface area contributed by atoms with E-state index in [0.717, 1.165) is 17.0 Å². The van der Waals surface area contributed by atoms with Crippen molar-refractivity contribution in [3.8, 4) is 11.5 Å². The van der Waals surface area contributed by atoms with E-state index in [0.29, 0.717) is 35.7 Å². The van der Waals surface area contributed by atoms with Gasteiger partial charge in [0, 0.05) is 24.3 Å². The lowest BCUT2D eigenvalue weighted by Crippen LogP contribution is -2.43. The van der Waals surface area contributed by atoms with Crippen LogP contribution < -0.4 is 14.8 Å². The van der Waals surface area contributed by atoms with E-state index in [1.165, 1.54) is 7.11 Å². The van der Waals surface area contributed by atoms with Crippen molar-refractivity contribution in [1.82, 2.24) is 14.9 Å². The lowest BCUT2D eigenvalue weighted by Gasteiger charge is -2.35. The minimum absolute atomic E-state index is 0.305. The molecular weight excluding hydrogens is 412 g/mol. The first-order chi connectivity index (χ1) is 15.5. The van der Waals surface area contributed by atoms with Crippen molar-refractivity contribution < 1.29 is 23.8 Å². The Hall–Kier alpha value is -4.01. The molecule has 0 bridgehead atoms. The smallest absolute Gasteiger partial charge is 0.337 e. The summed E-state index contributed by atoms with van der Waals surface area (Å²) in [6, 6.07) is 11.5. The maximum absolute atomic E-state index is 13.3. The molecule has 32 heavy (non-hydrogen) atoms. The Morgan fingerprint density at radius 1 is 1.09 bits per heavy atom. The zero-order valence-electron chi connectivity index (χ0n) is 18.0. The number of rotatable bonds is 5. The Balaban J connectivity index is 1.67. The van der Waals surface area contributed by atoms with E-state index >= 15 is 0 Å². The van der Waals surface area contributed by atoms with Gasteiger partial charge >= 0.3 is 12.0 Å². The maximum Gasteiger partial charge on any atom is 0.337 e. The molecule has 166 valence electrons. The number of urea groups is 1. The molecule has 1 aliphatic heterocycles. The van der Waals surface area contributed by atoms with Crippen molar-refractivity contribution in [1.29, 1.82) is 0 Å². The number of hydrogen-bond donors (Lipinski definition) is 2. The lowest BCUT2D eigenvalue weighted by molar-refractivity contribution is 0.0600. The second kappa shape index (κ2) is 9.01. The number of imidazole rings is 1. The normalized spacial score (nSPS) is 15.0. The van der Waals surface area contributed by atoms with Gasteiger partial charge in [-0.3, -0.25) is 0 Å². The number of nitrogens with zero attached hydrogens (tertiary/aromatic N) is 2. The van der Waals surface area contributed by atoms with Crippen LogP contribution in [0.25, 0.3) is 0 Å². The summed E-state index contributed by atoms with van der Waals surface area (Å²) in [5.41, 5.74) is 3.46. The zero-order chi connectivity index (χ0) is 22.7. The number of H-pyrrole nitrogens is 1. The van der Waals surface area contributed by atoms with Gasteiger partial charge in [-0.2, -0.15) is 0 Å². The number of ether oxygens (including phenoxy) is 3. The first kappa shape index (κ1) is 21.2. The quantitative estimate of drug-likeness (QED) is 0.594. The molecule has 2 N–H and O–H groups in total. The van der Waals surface area contributed by atoms with E-state index < -0.39 is 12.0 Å². The minimum atomic E-state index is -0.469. The molecular formula is C23H24N4O5. The van der Waals surface area contributed by atoms with Gasteiger partial charge in [-0.05, 0) is 35.9 Å². The number of fused-ring (bicyclic) bond motifs is 1. The highest BCUT2D eigenvalue weighted by Crippen LogP contribution is 2.38. The van der Waals surface area contributed by atoms with Crippen LogP contribution >= 0.6 is 0 Å².